The molecule has 1 amide bonds. The third-order valence-corrected chi connectivity index (χ3v) is 3.78. The summed E-state index contributed by atoms with van der Waals surface area (Å²) in [4.78, 5) is 16.8. The van der Waals surface area contributed by atoms with Crippen molar-refractivity contribution in [1.82, 2.24) is 10.3 Å². The molecule has 0 aliphatic carbocycles. The van der Waals surface area contributed by atoms with Crippen LogP contribution in [0.3, 0.4) is 0 Å². The maximum absolute atomic E-state index is 11.5. The Labute approximate surface area is 102 Å². The molecule has 3 nitrogen and oxygen atoms in total. The molecular weight excluding hydrogens is 240 g/mol. The van der Waals surface area contributed by atoms with Crippen LogP contribution in [0.15, 0.2) is 29.1 Å². The predicted octanol–water partition coefficient (Wildman–Crippen LogP) is 2.11. The van der Waals surface area contributed by atoms with Crippen LogP contribution in [0.25, 0.3) is 0 Å². The number of thiophene rings is 1. The zero-order valence-corrected chi connectivity index (χ0v) is 10.3. The van der Waals surface area contributed by atoms with E-state index in [0.717, 1.165) is 16.3 Å². The number of carbonyl (C=O) groups excluding carboxylic acids is 1. The van der Waals surface area contributed by atoms with E-state index in [1.54, 1.807) is 28.9 Å². The van der Waals surface area contributed by atoms with Gasteiger partial charge in [0.05, 0.1) is 11.4 Å². The summed E-state index contributed by atoms with van der Waals surface area (Å²) in [5.74, 6) is 0.0824. The number of nitrogens with one attached hydrogen (secondary N) is 1. The smallest absolute Gasteiger partial charge is 0.225 e. The fourth-order valence-corrected chi connectivity index (χ4v) is 2.64. The van der Waals surface area contributed by atoms with Gasteiger partial charge in [0.1, 0.15) is 0 Å². The largest absolute Gasteiger partial charge is 0.355 e. The van der Waals surface area contributed by atoms with Gasteiger partial charge in [-0.05, 0) is 11.4 Å². The van der Waals surface area contributed by atoms with Gasteiger partial charge < -0.3 is 5.32 Å². The highest BCUT2D eigenvalue weighted by atomic mass is 32.1. The molecule has 2 aromatic rings. The van der Waals surface area contributed by atoms with Crippen LogP contribution in [0.5, 0.6) is 0 Å². The summed E-state index contributed by atoms with van der Waals surface area (Å²) >= 11 is 3.23. The van der Waals surface area contributed by atoms with Gasteiger partial charge in [-0.25, -0.2) is 4.98 Å². The fourth-order valence-electron chi connectivity index (χ4n) is 1.32. The van der Waals surface area contributed by atoms with Crippen LogP contribution in [0, 0.1) is 0 Å². The van der Waals surface area contributed by atoms with Crippen LogP contribution >= 0.6 is 22.7 Å². The lowest BCUT2D eigenvalue weighted by Crippen LogP contribution is -2.26. The van der Waals surface area contributed by atoms with E-state index in [-0.39, 0.29) is 5.91 Å². The average molecular weight is 252 g/mol. The molecular formula is C11H12N2OS2. The van der Waals surface area contributed by atoms with E-state index in [2.05, 4.69) is 10.3 Å². The van der Waals surface area contributed by atoms with E-state index in [9.17, 15) is 4.79 Å². The van der Waals surface area contributed by atoms with E-state index in [4.69, 9.17) is 0 Å². The third kappa shape index (κ3) is 3.43. The number of hydrogen-bond acceptors (Lipinski definition) is 4. The van der Waals surface area contributed by atoms with E-state index in [1.807, 2.05) is 22.9 Å². The Morgan fingerprint density at radius 1 is 1.38 bits per heavy atom. The molecule has 1 N–H and O–H groups in total. The second-order valence-electron chi connectivity index (χ2n) is 3.28. The summed E-state index contributed by atoms with van der Waals surface area (Å²) in [7, 11) is 0. The molecule has 0 unspecified atom stereocenters. The molecule has 2 rings (SSSR count). The van der Waals surface area contributed by atoms with Gasteiger partial charge in [0.25, 0.3) is 0 Å². The van der Waals surface area contributed by atoms with E-state index in [0.29, 0.717) is 13.0 Å². The van der Waals surface area contributed by atoms with Crippen molar-refractivity contribution in [2.75, 3.05) is 6.54 Å². The van der Waals surface area contributed by atoms with Gasteiger partial charge in [0.15, 0.2) is 0 Å². The minimum Gasteiger partial charge on any atom is -0.355 e. The van der Waals surface area contributed by atoms with Gasteiger partial charge in [-0.3, -0.25) is 4.79 Å². The van der Waals surface area contributed by atoms with Gasteiger partial charge in [0.2, 0.25) is 5.91 Å². The van der Waals surface area contributed by atoms with E-state index >= 15 is 0 Å². The number of carbonyl (C=O) groups is 1. The van der Waals surface area contributed by atoms with Crippen molar-refractivity contribution in [2.24, 2.45) is 0 Å². The molecule has 0 aliphatic heterocycles. The number of rotatable bonds is 5. The Kier molecular flexibility index (Phi) is 4.07. The number of nitrogens with zero attached hydrogens (tertiary/aromatic N) is 1. The number of amides is 1. The standard InChI is InChI=1S/C11H12N2OS2/c14-10(8-9-2-1-6-15-9)12-4-3-11-13-5-7-16-11/h1-2,5-7H,3-4,8H2,(H,12,14). The Morgan fingerprint density at radius 3 is 3.00 bits per heavy atom. The SMILES string of the molecule is O=C(Cc1cccs1)NCCc1nccs1. The zero-order valence-electron chi connectivity index (χ0n) is 8.68. The monoisotopic (exact) mass is 252 g/mol. The Hall–Kier alpha value is -1.20. The van der Waals surface area contributed by atoms with Crippen LogP contribution in [0.1, 0.15) is 9.88 Å². The van der Waals surface area contributed by atoms with Crippen LogP contribution < -0.4 is 5.32 Å². The molecule has 2 aromatic heterocycles. The summed E-state index contributed by atoms with van der Waals surface area (Å²) in [6.07, 6.45) is 3.08. The molecule has 2 heterocycles. The predicted molar refractivity (Wildman–Crippen MR) is 66.9 cm³/mol. The summed E-state index contributed by atoms with van der Waals surface area (Å²) in [6.45, 7) is 0.664. The Bertz CT molecular complexity index is 423. The minimum absolute atomic E-state index is 0.0824. The number of aromatic nitrogens is 1. The van der Waals surface area contributed by atoms with E-state index < -0.39 is 0 Å². The maximum Gasteiger partial charge on any atom is 0.225 e. The van der Waals surface area contributed by atoms with Crippen LogP contribution in [0.2, 0.25) is 0 Å². The normalized spacial score (nSPS) is 10.2. The molecule has 0 spiro atoms. The van der Waals surface area contributed by atoms with Gasteiger partial charge >= 0.3 is 0 Å². The van der Waals surface area contributed by atoms with Crippen molar-refractivity contribution >= 4 is 28.6 Å². The first-order chi connectivity index (χ1) is 7.84. The average Bonchev–Trinajstić information content (AvgIpc) is 2.90. The van der Waals surface area contributed by atoms with Gasteiger partial charge in [-0.1, -0.05) is 6.07 Å². The second-order valence-corrected chi connectivity index (χ2v) is 5.29. The molecule has 0 bridgehead atoms. The Balaban J connectivity index is 1.68. The molecule has 0 atom stereocenters. The first kappa shape index (κ1) is 11.3. The zero-order chi connectivity index (χ0) is 11.2. The van der Waals surface area contributed by atoms with Gasteiger partial charge in [-0.2, -0.15) is 0 Å². The highest BCUT2D eigenvalue weighted by Gasteiger charge is 2.03. The van der Waals surface area contributed by atoms with Crippen LogP contribution in [0.4, 0.5) is 0 Å². The molecule has 0 radical (unpaired) electrons. The van der Waals surface area contributed by atoms with E-state index in [1.165, 1.54) is 0 Å². The topological polar surface area (TPSA) is 42.0 Å². The van der Waals surface area contributed by atoms with Crippen LogP contribution in [-0.4, -0.2) is 17.4 Å². The van der Waals surface area contributed by atoms with Crippen molar-refractivity contribution in [1.29, 1.82) is 0 Å². The minimum atomic E-state index is 0.0824. The second kappa shape index (κ2) is 5.77. The lowest BCUT2D eigenvalue weighted by molar-refractivity contribution is -0.120. The molecule has 84 valence electrons. The molecule has 0 aromatic carbocycles. The van der Waals surface area contributed by atoms with Crippen molar-refractivity contribution < 1.29 is 4.79 Å². The lowest BCUT2D eigenvalue weighted by atomic mass is 10.3. The van der Waals surface area contributed by atoms with Gasteiger partial charge in [0, 0.05) is 29.4 Å². The molecule has 0 fully saturated rings. The Morgan fingerprint density at radius 2 is 2.31 bits per heavy atom. The highest BCUT2D eigenvalue weighted by Crippen LogP contribution is 2.08. The summed E-state index contributed by atoms with van der Waals surface area (Å²) in [5, 5.41) is 7.89. The molecule has 0 saturated carbocycles. The molecule has 5 heteroatoms. The quantitative estimate of drug-likeness (QED) is 0.885. The fraction of sp³-hybridized carbons (Fsp3) is 0.273. The highest BCUT2D eigenvalue weighted by molar-refractivity contribution is 7.10. The van der Waals surface area contributed by atoms with Crippen molar-refractivity contribution in [3.63, 3.8) is 0 Å². The maximum atomic E-state index is 11.5. The third-order valence-electron chi connectivity index (χ3n) is 2.06. The van der Waals surface area contributed by atoms with Crippen molar-refractivity contribution in [3.05, 3.63) is 39.0 Å². The summed E-state index contributed by atoms with van der Waals surface area (Å²) in [6, 6.07) is 3.94. The summed E-state index contributed by atoms with van der Waals surface area (Å²) in [5.41, 5.74) is 0. The number of hydrogen-bond donors (Lipinski definition) is 1. The van der Waals surface area contributed by atoms with Crippen molar-refractivity contribution in [2.45, 2.75) is 12.8 Å². The summed E-state index contributed by atoms with van der Waals surface area (Å²) < 4.78 is 0. The lowest BCUT2D eigenvalue weighted by Gasteiger charge is -2.02. The number of thiazole rings is 1. The van der Waals surface area contributed by atoms with Crippen LogP contribution in [-0.2, 0) is 17.6 Å². The first-order valence-electron chi connectivity index (χ1n) is 5.02. The molecule has 0 saturated heterocycles. The first-order valence-corrected chi connectivity index (χ1v) is 6.78. The van der Waals surface area contributed by atoms with Crippen molar-refractivity contribution in [3.8, 4) is 0 Å². The molecule has 0 aliphatic rings. The molecule has 16 heavy (non-hydrogen) atoms. The van der Waals surface area contributed by atoms with Gasteiger partial charge in [-0.15, -0.1) is 22.7 Å².